The summed E-state index contributed by atoms with van der Waals surface area (Å²) in [6, 6.07) is 25.0. The number of nitrogens with one attached hydrogen (secondary N) is 1. The average Bonchev–Trinajstić information content (AvgIpc) is 3.23. The van der Waals surface area contributed by atoms with E-state index in [9.17, 15) is 10.1 Å². The van der Waals surface area contributed by atoms with Crippen LogP contribution in [0.1, 0.15) is 42.5 Å². The Kier molecular flexibility index (Phi) is 7.60. The van der Waals surface area contributed by atoms with E-state index in [1.807, 2.05) is 92.7 Å². The summed E-state index contributed by atoms with van der Waals surface area (Å²) in [6.45, 7) is 7.49. The van der Waals surface area contributed by atoms with Gasteiger partial charge in [0.25, 0.3) is 0 Å². The van der Waals surface area contributed by atoms with Gasteiger partial charge < -0.3 is 24.8 Å². The molecule has 3 aromatic rings. The third kappa shape index (κ3) is 5.93. The van der Waals surface area contributed by atoms with Crippen LogP contribution >= 0.6 is 0 Å². The average molecular weight is 472 g/mol. The van der Waals surface area contributed by atoms with Gasteiger partial charge in [0, 0.05) is 5.56 Å². The van der Waals surface area contributed by atoms with Crippen molar-refractivity contribution in [2.75, 3.05) is 19.8 Å². The summed E-state index contributed by atoms with van der Waals surface area (Å²) < 4.78 is 11.7. The maximum absolute atomic E-state index is 12.2. The fourth-order valence-electron chi connectivity index (χ4n) is 4.15. The van der Waals surface area contributed by atoms with Crippen molar-refractivity contribution in [3.63, 3.8) is 0 Å². The van der Waals surface area contributed by atoms with Gasteiger partial charge in [0.05, 0.1) is 12.1 Å². The number of hydrogen-bond acceptors (Lipinski definition) is 6. The lowest BCUT2D eigenvalue weighted by atomic mass is 9.80. The number of rotatable bonds is 10. The Morgan fingerprint density at radius 3 is 2.34 bits per heavy atom. The predicted octanol–water partition coefficient (Wildman–Crippen LogP) is 4.00. The summed E-state index contributed by atoms with van der Waals surface area (Å²) in [5.74, 6) is 1.31. The van der Waals surface area contributed by atoms with Crippen LogP contribution in [-0.4, -0.2) is 48.4 Å². The van der Waals surface area contributed by atoms with Crippen molar-refractivity contribution in [2.24, 2.45) is 4.99 Å². The summed E-state index contributed by atoms with van der Waals surface area (Å²) in [4.78, 5) is 4.66. The fourth-order valence-corrected chi connectivity index (χ4v) is 4.15. The number of aliphatic hydroxyl groups is 1. The molecule has 35 heavy (non-hydrogen) atoms. The molecule has 0 fully saturated rings. The van der Waals surface area contributed by atoms with Crippen molar-refractivity contribution in [3.05, 3.63) is 101 Å². The van der Waals surface area contributed by atoms with E-state index in [1.165, 1.54) is 0 Å². The van der Waals surface area contributed by atoms with Crippen LogP contribution in [0.3, 0.4) is 0 Å². The van der Waals surface area contributed by atoms with Crippen LogP contribution in [0.5, 0.6) is 5.75 Å². The van der Waals surface area contributed by atoms with Crippen molar-refractivity contribution >= 4 is 12.9 Å². The molecule has 0 saturated heterocycles. The Balaban J connectivity index is 1.62. The number of benzene rings is 3. The Bertz CT molecular complexity index is 1150. The normalized spacial score (nSPS) is 16.2. The van der Waals surface area contributed by atoms with Gasteiger partial charge in [-0.15, -0.1) is 0 Å². The van der Waals surface area contributed by atoms with Gasteiger partial charge in [0.2, 0.25) is 5.90 Å². The van der Waals surface area contributed by atoms with Gasteiger partial charge in [-0.1, -0.05) is 54.6 Å². The van der Waals surface area contributed by atoms with Crippen LogP contribution in [0.15, 0.2) is 83.9 Å². The first-order chi connectivity index (χ1) is 16.8. The lowest BCUT2D eigenvalue weighted by molar-refractivity contribution is 0.125. The minimum Gasteiger partial charge on any atom is -0.494 e. The molecule has 0 aromatic heterocycles. The Labute approximate surface area is 207 Å². The summed E-state index contributed by atoms with van der Waals surface area (Å²) in [5.41, 5.74) is 1.51. The zero-order valence-electron chi connectivity index (χ0n) is 20.6. The largest absolute Gasteiger partial charge is 0.494 e. The van der Waals surface area contributed by atoms with Gasteiger partial charge in [-0.3, -0.25) is 0 Å². The third-order valence-corrected chi connectivity index (χ3v) is 5.99. The van der Waals surface area contributed by atoms with Crippen molar-refractivity contribution in [1.29, 1.82) is 0 Å². The van der Waals surface area contributed by atoms with E-state index >= 15 is 0 Å². The second kappa shape index (κ2) is 10.6. The summed E-state index contributed by atoms with van der Waals surface area (Å²) in [5, 5.41) is 24.5. The fraction of sp³-hybridized carbons (Fsp3) is 0.321. The third-order valence-electron chi connectivity index (χ3n) is 5.99. The molecule has 4 rings (SSSR count). The number of nitrogens with zero attached hydrogens (tertiary/aromatic N) is 1. The highest BCUT2D eigenvalue weighted by molar-refractivity contribution is 6.45. The maximum Gasteiger partial charge on any atom is 0.373 e. The van der Waals surface area contributed by atoms with Crippen LogP contribution < -0.4 is 9.96 Å². The van der Waals surface area contributed by atoms with Gasteiger partial charge in [0.15, 0.2) is 0 Å². The molecule has 182 valence electrons. The van der Waals surface area contributed by atoms with Gasteiger partial charge in [-0.2, -0.15) is 0 Å². The molecule has 0 amide bonds. The zero-order valence-corrected chi connectivity index (χ0v) is 20.6. The van der Waals surface area contributed by atoms with E-state index in [-0.39, 0.29) is 5.54 Å². The molecule has 6 nitrogen and oxygen atoms in total. The Morgan fingerprint density at radius 2 is 1.69 bits per heavy atom. The van der Waals surface area contributed by atoms with Gasteiger partial charge in [-0.05, 0) is 74.6 Å². The lowest BCUT2D eigenvalue weighted by Gasteiger charge is -2.30. The smallest absolute Gasteiger partial charge is 0.373 e. The zero-order chi connectivity index (χ0) is 24.9. The van der Waals surface area contributed by atoms with E-state index in [0.29, 0.717) is 37.0 Å². The van der Waals surface area contributed by atoms with Crippen LogP contribution in [-0.2, 0) is 10.3 Å². The molecule has 3 aromatic carbocycles. The minimum absolute atomic E-state index is 0.231. The SMILES string of the molecule is CB(O)NCCCOc1cccc(C(O)(c2ccccc2)c2ccc(C3=NC(C)(C)CO3)cc2)c1. The van der Waals surface area contributed by atoms with Crippen molar-refractivity contribution in [1.82, 2.24) is 5.23 Å². The van der Waals surface area contributed by atoms with E-state index in [1.54, 1.807) is 6.82 Å². The maximum atomic E-state index is 12.2. The molecule has 0 bridgehead atoms. The molecule has 7 heteroatoms. The summed E-state index contributed by atoms with van der Waals surface area (Å²) >= 11 is 0. The van der Waals surface area contributed by atoms with E-state index in [4.69, 9.17) is 9.47 Å². The first-order valence-corrected chi connectivity index (χ1v) is 12.0. The number of aliphatic imine (C=N–C) groups is 1. The molecule has 0 aliphatic carbocycles. The molecule has 1 aliphatic heterocycles. The molecular weight excluding hydrogens is 439 g/mol. The van der Waals surface area contributed by atoms with Crippen molar-refractivity contribution < 1.29 is 19.6 Å². The van der Waals surface area contributed by atoms with E-state index < -0.39 is 12.7 Å². The molecule has 1 heterocycles. The molecular formula is C28H33BN2O4. The topological polar surface area (TPSA) is 83.3 Å². The summed E-state index contributed by atoms with van der Waals surface area (Å²) in [6.07, 6.45) is 0.752. The molecule has 0 spiro atoms. The van der Waals surface area contributed by atoms with Crippen molar-refractivity contribution in [3.8, 4) is 5.75 Å². The second-order valence-corrected chi connectivity index (χ2v) is 9.53. The highest BCUT2D eigenvalue weighted by atomic mass is 16.5. The van der Waals surface area contributed by atoms with Gasteiger partial charge >= 0.3 is 7.05 Å². The monoisotopic (exact) mass is 472 g/mol. The first kappa shape index (κ1) is 25.0. The molecule has 3 N–H and O–H groups in total. The van der Waals surface area contributed by atoms with Crippen molar-refractivity contribution in [2.45, 2.75) is 38.2 Å². The number of hydrogen-bond donors (Lipinski definition) is 3. The standard InChI is InChI=1S/C28H33BN2O4/c1-27(2)20-35-26(31-27)21-13-15-23(16-14-21)28(32,22-9-5-4-6-10-22)24-11-7-12-25(19-24)34-18-8-17-30-29(3)33/h4-7,9-16,19,30,32-33H,8,17-18,20H2,1-3H3. The molecule has 1 aliphatic rings. The van der Waals surface area contributed by atoms with Gasteiger partial charge in [0.1, 0.15) is 18.0 Å². The Morgan fingerprint density at radius 1 is 1.00 bits per heavy atom. The lowest BCUT2D eigenvalue weighted by Crippen LogP contribution is -2.31. The quantitative estimate of drug-likeness (QED) is 0.236. The predicted molar refractivity (Wildman–Crippen MR) is 140 cm³/mol. The highest BCUT2D eigenvalue weighted by Crippen LogP contribution is 2.38. The van der Waals surface area contributed by atoms with Gasteiger partial charge in [-0.25, -0.2) is 4.99 Å². The molecule has 1 unspecified atom stereocenters. The van der Waals surface area contributed by atoms with Crippen LogP contribution in [0.4, 0.5) is 0 Å². The highest BCUT2D eigenvalue weighted by Gasteiger charge is 2.34. The molecule has 0 radical (unpaired) electrons. The summed E-state index contributed by atoms with van der Waals surface area (Å²) in [7, 11) is -0.538. The first-order valence-electron chi connectivity index (χ1n) is 12.0. The molecule has 0 saturated carbocycles. The van der Waals surface area contributed by atoms with Crippen LogP contribution in [0.2, 0.25) is 6.82 Å². The minimum atomic E-state index is -1.37. The Hall–Kier alpha value is -3.13. The van der Waals surface area contributed by atoms with E-state index in [2.05, 4.69) is 10.2 Å². The number of ether oxygens (including phenoxy) is 2. The molecule has 1 atom stereocenters. The van der Waals surface area contributed by atoms with Crippen LogP contribution in [0.25, 0.3) is 0 Å². The van der Waals surface area contributed by atoms with Crippen LogP contribution in [0, 0.1) is 0 Å². The van der Waals surface area contributed by atoms with E-state index in [0.717, 1.165) is 23.1 Å². The second-order valence-electron chi connectivity index (χ2n) is 9.53.